The van der Waals surface area contributed by atoms with Gasteiger partial charge in [0, 0.05) is 31.3 Å². The van der Waals surface area contributed by atoms with Crippen molar-refractivity contribution in [2.24, 2.45) is 11.8 Å². The van der Waals surface area contributed by atoms with E-state index in [0.717, 1.165) is 11.3 Å². The molecule has 0 bridgehead atoms. The third kappa shape index (κ3) is 4.23. The second-order valence-corrected chi connectivity index (χ2v) is 5.66. The molecule has 0 aliphatic heterocycles. The van der Waals surface area contributed by atoms with Crippen molar-refractivity contribution in [2.75, 3.05) is 19.0 Å². The van der Waals surface area contributed by atoms with E-state index in [-0.39, 0.29) is 11.7 Å². The Kier molecular flexibility index (Phi) is 5.34. The summed E-state index contributed by atoms with van der Waals surface area (Å²) in [6, 6.07) is 7.79. The zero-order valence-corrected chi connectivity index (χ0v) is 12.9. The Morgan fingerprint density at radius 1 is 1.11 bits per heavy atom. The Bertz CT molecular complexity index is 455. The molecule has 0 aromatic heterocycles. The molecule has 0 aliphatic carbocycles. The van der Waals surface area contributed by atoms with Crippen LogP contribution in [0, 0.1) is 11.8 Å². The lowest BCUT2D eigenvalue weighted by Crippen LogP contribution is -2.12. The van der Waals surface area contributed by atoms with E-state index >= 15 is 0 Å². The molecule has 2 nitrogen and oxygen atoms in total. The highest BCUT2D eigenvalue weighted by atomic mass is 16.1. The fourth-order valence-electron chi connectivity index (χ4n) is 1.85. The monoisotopic (exact) mass is 259 g/mol. The van der Waals surface area contributed by atoms with Crippen molar-refractivity contribution in [2.45, 2.75) is 27.7 Å². The summed E-state index contributed by atoms with van der Waals surface area (Å²) >= 11 is 0. The summed E-state index contributed by atoms with van der Waals surface area (Å²) in [4.78, 5) is 14.4. The van der Waals surface area contributed by atoms with Gasteiger partial charge in [-0.15, -0.1) is 0 Å². The number of rotatable bonds is 5. The van der Waals surface area contributed by atoms with Crippen LogP contribution in [0.3, 0.4) is 0 Å². The quantitative estimate of drug-likeness (QED) is 0.584. The number of allylic oxidation sites excluding steroid dienone is 2. The first-order valence-corrected chi connectivity index (χ1v) is 6.82. The first-order valence-electron chi connectivity index (χ1n) is 6.82. The van der Waals surface area contributed by atoms with Crippen molar-refractivity contribution in [3.63, 3.8) is 0 Å². The fraction of sp³-hybridized carbons (Fsp3) is 0.471. The van der Waals surface area contributed by atoms with Crippen LogP contribution in [0.4, 0.5) is 5.69 Å². The topological polar surface area (TPSA) is 20.3 Å². The van der Waals surface area contributed by atoms with Crippen LogP contribution >= 0.6 is 0 Å². The number of benzene rings is 1. The zero-order chi connectivity index (χ0) is 14.6. The molecule has 0 heterocycles. The minimum absolute atomic E-state index is 0.0624. The van der Waals surface area contributed by atoms with E-state index < -0.39 is 0 Å². The molecule has 0 fully saturated rings. The summed E-state index contributed by atoms with van der Waals surface area (Å²) < 4.78 is 0. The molecule has 0 saturated heterocycles. The fourth-order valence-corrected chi connectivity index (χ4v) is 1.85. The van der Waals surface area contributed by atoms with Gasteiger partial charge in [-0.25, -0.2) is 0 Å². The van der Waals surface area contributed by atoms with Gasteiger partial charge in [0.1, 0.15) is 0 Å². The number of hydrogen-bond acceptors (Lipinski definition) is 2. The predicted molar refractivity (Wildman–Crippen MR) is 82.9 cm³/mol. The van der Waals surface area contributed by atoms with E-state index in [9.17, 15) is 4.79 Å². The van der Waals surface area contributed by atoms with Gasteiger partial charge in [0.05, 0.1) is 0 Å². The molecule has 0 spiro atoms. The van der Waals surface area contributed by atoms with E-state index in [0.29, 0.717) is 5.92 Å². The summed E-state index contributed by atoms with van der Waals surface area (Å²) in [5.74, 6) is 0.615. The van der Waals surface area contributed by atoms with Gasteiger partial charge in [-0.1, -0.05) is 32.4 Å². The Morgan fingerprint density at radius 3 is 2.05 bits per heavy atom. The molecule has 0 unspecified atom stereocenters. The highest BCUT2D eigenvalue weighted by Gasteiger charge is 2.13. The van der Waals surface area contributed by atoms with E-state index in [4.69, 9.17) is 0 Å². The van der Waals surface area contributed by atoms with Crippen molar-refractivity contribution >= 4 is 11.5 Å². The van der Waals surface area contributed by atoms with E-state index in [1.165, 1.54) is 5.57 Å². The lowest BCUT2D eigenvalue weighted by atomic mass is 9.94. The van der Waals surface area contributed by atoms with Crippen LogP contribution < -0.4 is 4.90 Å². The summed E-state index contributed by atoms with van der Waals surface area (Å²) in [7, 11) is 3.99. The van der Waals surface area contributed by atoms with Gasteiger partial charge in [-0.2, -0.15) is 0 Å². The van der Waals surface area contributed by atoms with Crippen molar-refractivity contribution < 1.29 is 4.79 Å². The van der Waals surface area contributed by atoms with Crippen LogP contribution in [0.15, 0.2) is 35.9 Å². The van der Waals surface area contributed by atoms with Crippen LogP contribution in [0.2, 0.25) is 0 Å². The molecule has 0 amide bonds. The van der Waals surface area contributed by atoms with E-state index in [2.05, 4.69) is 26.8 Å². The average Bonchev–Trinajstić information content (AvgIpc) is 2.37. The minimum Gasteiger partial charge on any atom is -0.378 e. The normalized spacial score (nSPS) is 13.5. The molecule has 0 aliphatic rings. The molecule has 2 heteroatoms. The molecule has 1 atom stereocenters. The van der Waals surface area contributed by atoms with E-state index in [1.54, 1.807) is 0 Å². The molecule has 1 aromatic carbocycles. The summed E-state index contributed by atoms with van der Waals surface area (Å²) in [5, 5.41) is 0. The predicted octanol–water partition coefficient (Wildman–Crippen LogP) is 4.17. The van der Waals surface area contributed by atoms with Crippen molar-refractivity contribution in [1.29, 1.82) is 0 Å². The van der Waals surface area contributed by atoms with Gasteiger partial charge in [0.25, 0.3) is 0 Å². The Labute approximate surface area is 117 Å². The standard InChI is InChI=1S/C17H25NO/c1-12(2)13(3)11-14(4)17(19)15-7-9-16(10-8-15)18(5)6/h7-12,14H,1-6H3/b13-11+/t14-/m1/s1. The van der Waals surface area contributed by atoms with Crippen molar-refractivity contribution in [1.82, 2.24) is 0 Å². The first kappa shape index (κ1) is 15.5. The number of carbonyl (C=O) groups excluding carboxylic acids is 1. The smallest absolute Gasteiger partial charge is 0.169 e. The molecule has 0 saturated carbocycles. The zero-order valence-electron chi connectivity index (χ0n) is 12.9. The van der Waals surface area contributed by atoms with Crippen molar-refractivity contribution in [3.8, 4) is 0 Å². The Balaban J connectivity index is 2.85. The average molecular weight is 259 g/mol. The second-order valence-electron chi connectivity index (χ2n) is 5.66. The maximum absolute atomic E-state index is 12.3. The van der Waals surface area contributed by atoms with Gasteiger partial charge in [-0.3, -0.25) is 4.79 Å². The number of hydrogen-bond donors (Lipinski definition) is 0. The Morgan fingerprint density at radius 2 is 1.63 bits per heavy atom. The first-order chi connectivity index (χ1) is 8.82. The Hall–Kier alpha value is -1.57. The van der Waals surface area contributed by atoms with Crippen LogP contribution in [-0.2, 0) is 0 Å². The van der Waals surface area contributed by atoms with Crippen LogP contribution in [0.1, 0.15) is 38.1 Å². The van der Waals surface area contributed by atoms with Gasteiger partial charge in [-0.05, 0) is 37.1 Å². The summed E-state index contributed by atoms with van der Waals surface area (Å²) in [5.41, 5.74) is 3.16. The molecule has 0 radical (unpaired) electrons. The molecule has 1 aromatic rings. The van der Waals surface area contributed by atoms with Gasteiger partial charge in [0.15, 0.2) is 5.78 Å². The number of nitrogens with zero attached hydrogens (tertiary/aromatic N) is 1. The van der Waals surface area contributed by atoms with Gasteiger partial charge in [0.2, 0.25) is 0 Å². The van der Waals surface area contributed by atoms with Crippen LogP contribution in [-0.4, -0.2) is 19.9 Å². The van der Waals surface area contributed by atoms with Crippen LogP contribution in [0.25, 0.3) is 0 Å². The number of ketones is 1. The number of carbonyl (C=O) groups is 1. The summed E-state index contributed by atoms with van der Waals surface area (Å²) in [6.07, 6.45) is 2.08. The third-order valence-electron chi connectivity index (χ3n) is 3.51. The molecular formula is C17H25NO. The van der Waals surface area contributed by atoms with Crippen LogP contribution in [0.5, 0.6) is 0 Å². The van der Waals surface area contributed by atoms with Gasteiger partial charge >= 0.3 is 0 Å². The molecular weight excluding hydrogens is 234 g/mol. The maximum Gasteiger partial charge on any atom is 0.169 e. The van der Waals surface area contributed by atoms with E-state index in [1.807, 2.05) is 50.2 Å². The molecule has 104 valence electrons. The molecule has 0 N–H and O–H groups in total. The third-order valence-corrected chi connectivity index (χ3v) is 3.51. The highest BCUT2D eigenvalue weighted by Crippen LogP contribution is 2.18. The van der Waals surface area contributed by atoms with Gasteiger partial charge < -0.3 is 4.90 Å². The largest absolute Gasteiger partial charge is 0.378 e. The SMILES string of the molecule is C/C(=C\[C@@H](C)C(=O)c1ccc(N(C)C)cc1)C(C)C. The number of Topliss-reactive ketones (excluding diaryl/α,β-unsaturated/α-hetero) is 1. The second kappa shape index (κ2) is 6.55. The lowest BCUT2D eigenvalue weighted by Gasteiger charge is -2.14. The molecule has 1 rings (SSSR count). The highest BCUT2D eigenvalue weighted by molar-refractivity contribution is 5.99. The maximum atomic E-state index is 12.3. The summed E-state index contributed by atoms with van der Waals surface area (Å²) in [6.45, 7) is 8.35. The number of anilines is 1. The molecule has 19 heavy (non-hydrogen) atoms. The lowest BCUT2D eigenvalue weighted by molar-refractivity contribution is 0.0952. The van der Waals surface area contributed by atoms with Crippen molar-refractivity contribution in [3.05, 3.63) is 41.5 Å². The minimum atomic E-state index is -0.0624.